The zero-order chi connectivity index (χ0) is 20.0. The molecule has 1 fully saturated rings. The Hall–Kier alpha value is -1.94. The normalized spacial score (nSPS) is 15.4. The van der Waals surface area contributed by atoms with E-state index in [0.717, 1.165) is 31.9 Å². The molecule has 3 rings (SSSR count). The van der Waals surface area contributed by atoms with Gasteiger partial charge in [0.05, 0.1) is 33.0 Å². The van der Waals surface area contributed by atoms with Crippen LogP contribution in [-0.4, -0.2) is 51.0 Å². The van der Waals surface area contributed by atoms with E-state index in [-0.39, 0.29) is 18.5 Å². The van der Waals surface area contributed by atoms with E-state index < -0.39 is 13.2 Å². The van der Waals surface area contributed by atoms with Crippen molar-refractivity contribution in [2.45, 2.75) is 13.8 Å². The third-order valence-corrected chi connectivity index (χ3v) is 6.35. The van der Waals surface area contributed by atoms with Crippen molar-refractivity contribution in [3.63, 3.8) is 0 Å². The molecule has 1 aromatic carbocycles. The van der Waals surface area contributed by atoms with Crippen molar-refractivity contribution in [3.05, 3.63) is 40.2 Å². The molecule has 1 saturated heterocycles. The molecule has 7 nitrogen and oxygen atoms in total. The highest BCUT2D eigenvalue weighted by molar-refractivity contribution is 7.62. The Kier molecular flexibility index (Phi) is 7.06. The molecule has 2 aromatic rings. The predicted molar refractivity (Wildman–Crippen MR) is 107 cm³/mol. The van der Waals surface area contributed by atoms with Crippen molar-refractivity contribution in [1.82, 2.24) is 4.90 Å². The van der Waals surface area contributed by atoms with Crippen LogP contribution in [0.1, 0.15) is 19.4 Å². The Balaban J connectivity index is 1.86. The summed E-state index contributed by atoms with van der Waals surface area (Å²) in [7, 11) is -3.71. The van der Waals surface area contributed by atoms with Crippen LogP contribution >= 0.6 is 7.60 Å². The molecule has 0 amide bonds. The second-order valence-electron chi connectivity index (χ2n) is 6.20. The lowest BCUT2D eigenvalue weighted by Gasteiger charge is -2.24. The van der Waals surface area contributed by atoms with Crippen LogP contribution in [0.4, 0.5) is 0 Å². The van der Waals surface area contributed by atoms with Crippen LogP contribution in [0.5, 0.6) is 0 Å². The minimum atomic E-state index is -3.71. The summed E-state index contributed by atoms with van der Waals surface area (Å²) in [6, 6.07) is 6.84. The summed E-state index contributed by atoms with van der Waals surface area (Å²) in [5.74, 6) is 6.23. The van der Waals surface area contributed by atoms with Gasteiger partial charge in [-0.1, -0.05) is 11.8 Å². The lowest BCUT2D eigenvalue weighted by atomic mass is 10.1. The predicted octanol–water partition coefficient (Wildman–Crippen LogP) is 2.37. The molecule has 0 atom stereocenters. The average Bonchev–Trinajstić information content (AvgIpc) is 2.68. The highest BCUT2D eigenvalue weighted by Crippen LogP contribution is 2.46. The van der Waals surface area contributed by atoms with Gasteiger partial charge in [-0.15, -0.1) is 0 Å². The lowest BCUT2D eigenvalue weighted by molar-refractivity contribution is 0.0443. The van der Waals surface area contributed by atoms with Gasteiger partial charge < -0.3 is 18.2 Å². The number of nitrogens with zero attached hydrogens (tertiary/aromatic N) is 1. The molecule has 28 heavy (non-hydrogen) atoms. The molecule has 1 aliphatic heterocycles. The highest BCUT2D eigenvalue weighted by atomic mass is 31.2. The van der Waals surface area contributed by atoms with Gasteiger partial charge >= 0.3 is 13.2 Å². The van der Waals surface area contributed by atoms with Crippen molar-refractivity contribution in [2.75, 3.05) is 46.1 Å². The van der Waals surface area contributed by atoms with Crippen LogP contribution in [0.25, 0.3) is 11.0 Å². The van der Waals surface area contributed by atoms with Crippen molar-refractivity contribution in [3.8, 4) is 11.8 Å². The van der Waals surface area contributed by atoms with E-state index in [1.165, 1.54) is 6.07 Å². The van der Waals surface area contributed by atoms with E-state index in [1.54, 1.807) is 26.0 Å². The third-order valence-electron chi connectivity index (χ3n) is 4.25. The number of rotatable bonds is 6. The first-order valence-electron chi connectivity index (χ1n) is 9.32. The molecule has 0 radical (unpaired) electrons. The van der Waals surface area contributed by atoms with Crippen LogP contribution in [0.3, 0.4) is 0 Å². The first-order valence-corrected chi connectivity index (χ1v) is 10.9. The molecular weight excluding hydrogens is 381 g/mol. The monoisotopic (exact) mass is 405 g/mol. The fourth-order valence-electron chi connectivity index (χ4n) is 2.90. The van der Waals surface area contributed by atoms with E-state index in [2.05, 4.69) is 16.7 Å². The largest absolute Gasteiger partial charge is 0.422 e. The number of hydrogen-bond donors (Lipinski definition) is 0. The first kappa shape index (κ1) is 20.8. The molecular formula is C20H24NO6P. The zero-order valence-electron chi connectivity index (χ0n) is 16.1. The van der Waals surface area contributed by atoms with Gasteiger partial charge in [-0.2, -0.15) is 0 Å². The fraction of sp³-hybridized carbons (Fsp3) is 0.450. The number of hydrogen-bond acceptors (Lipinski definition) is 7. The SMILES string of the molecule is CCOP(=O)(OCC)c1cc2ccc(C#CCN3CCOCC3)cc2oc1=O. The van der Waals surface area contributed by atoms with Gasteiger partial charge in [0.1, 0.15) is 5.58 Å². The maximum absolute atomic E-state index is 12.9. The first-order chi connectivity index (χ1) is 13.6. The minimum Gasteiger partial charge on any atom is -0.422 e. The van der Waals surface area contributed by atoms with E-state index in [0.29, 0.717) is 17.5 Å². The fourth-order valence-corrected chi connectivity index (χ4v) is 4.50. The number of fused-ring (bicyclic) bond motifs is 1. The molecule has 1 aromatic heterocycles. The van der Waals surface area contributed by atoms with Gasteiger partial charge in [0.25, 0.3) is 0 Å². The van der Waals surface area contributed by atoms with Gasteiger partial charge in [0.15, 0.2) is 5.30 Å². The van der Waals surface area contributed by atoms with Crippen LogP contribution in [-0.2, 0) is 18.3 Å². The molecule has 150 valence electrons. The van der Waals surface area contributed by atoms with Crippen molar-refractivity contribution < 1.29 is 22.8 Å². The summed E-state index contributed by atoms with van der Waals surface area (Å²) in [6.07, 6.45) is 0. The van der Waals surface area contributed by atoms with E-state index >= 15 is 0 Å². The van der Waals surface area contributed by atoms with Gasteiger partial charge in [-0.3, -0.25) is 9.46 Å². The molecule has 0 N–H and O–H groups in total. The molecule has 0 saturated carbocycles. The standard InChI is InChI=1S/C20H24NO6P/c1-3-25-28(23,26-4-2)19-15-17-8-7-16(14-18(17)27-20(19)22)6-5-9-21-10-12-24-13-11-21/h7-8,14-15H,3-4,9-13H2,1-2H3. The topological polar surface area (TPSA) is 78.2 Å². The number of ether oxygens (including phenoxy) is 1. The Morgan fingerprint density at radius 2 is 1.86 bits per heavy atom. The molecule has 0 spiro atoms. The van der Waals surface area contributed by atoms with Crippen LogP contribution in [0.15, 0.2) is 33.5 Å². The smallest absolute Gasteiger partial charge is 0.368 e. The van der Waals surface area contributed by atoms with Crippen molar-refractivity contribution in [2.24, 2.45) is 0 Å². The van der Waals surface area contributed by atoms with Gasteiger partial charge in [0.2, 0.25) is 0 Å². The second kappa shape index (κ2) is 9.51. The molecule has 0 unspecified atom stereocenters. The summed E-state index contributed by atoms with van der Waals surface area (Å²) in [4.78, 5) is 14.6. The van der Waals surface area contributed by atoms with E-state index in [1.807, 2.05) is 6.07 Å². The Labute approximate surface area is 164 Å². The number of benzene rings is 1. The average molecular weight is 405 g/mol. The van der Waals surface area contributed by atoms with Crippen LogP contribution in [0.2, 0.25) is 0 Å². The summed E-state index contributed by atoms with van der Waals surface area (Å²) >= 11 is 0. The molecule has 0 bridgehead atoms. The summed E-state index contributed by atoms with van der Waals surface area (Å²) in [5.41, 5.74) is 0.400. The summed E-state index contributed by atoms with van der Waals surface area (Å²) < 4.78 is 34.1. The van der Waals surface area contributed by atoms with E-state index in [4.69, 9.17) is 18.2 Å². The zero-order valence-corrected chi connectivity index (χ0v) is 17.0. The molecule has 8 heteroatoms. The third kappa shape index (κ3) is 4.91. The number of morpholine rings is 1. The summed E-state index contributed by atoms with van der Waals surface area (Å²) in [6.45, 7) is 7.59. The summed E-state index contributed by atoms with van der Waals surface area (Å²) in [5, 5.41) is 0.544. The van der Waals surface area contributed by atoms with Crippen molar-refractivity contribution in [1.29, 1.82) is 0 Å². The van der Waals surface area contributed by atoms with Crippen molar-refractivity contribution >= 4 is 23.9 Å². The quantitative estimate of drug-likeness (QED) is 0.415. The van der Waals surface area contributed by atoms with Crippen LogP contribution < -0.4 is 10.9 Å². The lowest BCUT2D eigenvalue weighted by Crippen LogP contribution is -2.36. The van der Waals surface area contributed by atoms with Gasteiger partial charge in [0, 0.05) is 24.0 Å². The van der Waals surface area contributed by atoms with Gasteiger partial charge in [-0.05, 0) is 38.1 Å². The molecule has 0 aliphatic carbocycles. The Bertz CT molecular complexity index is 974. The highest BCUT2D eigenvalue weighted by Gasteiger charge is 2.31. The van der Waals surface area contributed by atoms with Crippen LogP contribution in [0, 0.1) is 11.8 Å². The molecule has 2 heterocycles. The Morgan fingerprint density at radius 1 is 1.14 bits per heavy atom. The maximum atomic E-state index is 12.9. The maximum Gasteiger partial charge on any atom is 0.368 e. The Morgan fingerprint density at radius 3 is 2.54 bits per heavy atom. The molecule has 1 aliphatic rings. The second-order valence-corrected chi connectivity index (χ2v) is 8.19. The van der Waals surface area contributed by atoms with E-state index in [9.17, 15) is 9.36 Å². The van der Waals surface area contributed by atoms with Gasteiger partial charge in [-0.25, -0.2) is 4.79 Å². The minimum absolute atomic E-state index is 0.0881.